The molecule has 0 amide bonds. The number of fused-ring (bicyclic) bond motifs is 2. The highest BCUT2D eigenvalue weighted by Gasteiger charge is 2.42. The van der Waals surface area contributed by atoms with Gasteiger partial charge in [0, 0.05) is 55.6 Å². The van der Waals surface area contributed by atoms with Crippen molar-refractivity contribution in [1.29, 1.82) is 0 Å². The summed E-state index contributed by atoms with van der Waals surface area (Å²) in [4.78, 5) is 10.7. The number of nitrogens with one attached hydrogen (secondary N) is 1. The second kappa shape index (κ2) is 9.26. The summed E-state index contributed by atoms with van der Waals surface area (Å²) in [5.74, 6) is 0.342. The zero-order valence-electron chi connectivity index (χ0n) is 19.8. The van der Waals surface area contributed by atoms with E-state index in [1.165, 1.54) is 7.11 Å². The van der Waals surface area contributed by atoms with Gasteiger partial charge in [-0.2, -0.15) is 13.2 Å². The second-order valence-electron chi connectivity index (χ2n) is 8.62. The lowest BCUT2D eigenvalue weighted by Gasteiger charge is -2.36. The van der Waals surface area contributed by atoms with Gasteiger partial charge in [0.1, 0.15) is 17.7 Å². The molecule has 9 nitrogen and oxygen atoms in total. The first-order chi connectivity index (χ1) is 17.3. The Labute approximate surface area is 205 Å². The van der Waals surface area contributed by atoms with Crippen LogP contribution in [0, 0.1) is 6.92 Å². The first-order valence-electron chi connectivity index (χ1n) is 11.4. The normalized spacial score (nSPS) is 15.8. The number of alkyl halides is 3. The molecule has 0 bridgehead atoms. The van der Waals surface area contributed by atoms with Crippen molar-refractivity contribution >= 4 is 28.1 Å². The van der Waals surface area contributed by atoms with Crippen LogP contribution in [-0.4, -0.2) is 45.0 Å². The maximum atomic E-state index is 13.3. The van der Waals surface area contributed by atoms with Crippen molar-refractivity contribution in [3.05, 3.63) is 65.5 Å². The molecule has 1 unspecified atom stereocenters. The standard InChI is InChI=1S/C24H25F3N8O/c1-14-10-20(34-8-9-35-22(19(34)13-36-2)32-33-23(35)24(25,26)27)31-12-15(14)11-30-18-5-3-4-17-16(18)6-7-29-21(17)28/h3-7,10,12,19,30H,8-9,11,13H2,1-2H3,(H2,28,29). The lowest BCUT2D eigenvalue weighted by Crippen LogP contribution is -2.42. The molecule has 1 aliphatic heterocycles. The molecule has 3 N–H and O–H groups in total. The average Bonchev–Trinajstić information content (AvgIpc) is 3.29. The molecular weight excluding hydrogens is 473 g/mol. The van der Waals surface area contributed by atoms with Gasteiger partial charge in [0.05, 0.1) is 6.61 Å². The van der Waals surface area contributed by atoms with Crippen LogP contribution in [0.1, 0.15) is 28.8 Å². The van der Waals surface area contributed by atoms with E-state index in [4.69, 9.17) is 10.5 Å². The van der Waals surface area contributed by atoms with Gasteiger partial charge in [0.2, 0.25) is 5.82 Å². The summed E-state index contributed by atoms with van der Waals surface area (Å²) < 4.78 is 46.5. The van der Waals surface area contributed by atoms with Crippen LogP contribution in [-0.2, 0) is 24.0 Å². The number of nitrogens with two attached hydrogens (primary N) is 1. The highest BCUT2D eigenvalue weighted by molar-refractivity contribution is 5.99. The molecule has 36 heavy (non-hydrogen) atoms. The number of nitrogen functional groups attached to an aromatic ring is 1. The van der Waals surface area contributed by atoms with Crippen LogP contribution in [0.2, 0.25) is 0 Å². The molecule has 0 saturated carbocycles. The van der Waals surface area contributed by atoms with Gasteiger partial charge >= 0.3 is 6.18 Å². The van der Waals surface area contributed by atoms with Crippen molar-refractivity contribution in [3.8, 4) is 0 Å². The SMILES string of the molecule is COCC1c2nnc(C(F)(F)F)n2CCN1c1cc(C)c(CNc2cccc3c(N)nccc23)cn1. The van der Waals surface area contributed by atoms with Crippen molar-refractivity contribution in [2.45, 2.75) is 32.2 Å². The second-order valence-corrected chi connectivity index (χ2v) is 8.62. The van der Waals surface area contributed by atoms with E-state index in [-0.39, 0.29) is 19.0 Å². The first kappa shape index (κ1) is 23.8. The number of benzene rings is 1. The van der Waals surface area contributed by atoms with E-state index in [0.29, 0.717) is 24.7 Å². The molecule has 0 saturated heterocycles. The van der Waals surface area contributed by atoms with Crippen LogP contribution in [0.5, 0.6) is 0 Å². The Bertz CT molecular complexity index is 1400. The number of rotatable bonds is 6. The van der Waals surface area contributed by atoms with E-state index >= 15 is 0 Å². The number of aryl methyl sites for hydroxylation is 1. The van der Waals surface area contributed by atoms with Gasteiger partial charge in [0.15, 0.2) is 5.82 Å². The van der Waals surface area contributed by atoms with Gasteiger partial charge in [-0.1, -0.05) is 12.1 Å². The summed E-state index contributed by atoms with van der Waals surface area (Å²) in [5, 5.41) is 12.6. The summed E-state index contributed by atoms with van der Waals surface area (Å²) >= 11 is 0. The number of halogens is 3. The van der Waals surface area contributed by atoms with Crippen molar-refractivity contribution in [3.63, 3.8) is 0 Å². The largest absolute Gasteiger partial charge is 0.451 e. The summed E-state index contributed by atoms with van der Waals surface area (Å²) in [7, 11) is 1.50. The highest BCUT2D eigenvalue weighted by atomic mass is 19.4. The van der Waals surface area contributed by atoms with Crippen LogP contribution in [0.3, 0.4) is 0 Å². The number of aromatic nitrogens is 5. The predicted octanol–water partition coefficient (Wildman–Crippen LogP) is 3.95. The molecule has 1 aliphatic rings. The summed E-state index contributed by atoms with van der Waals surface area (Å²) in [5.41, 5.74) is 8.91. The Balaban J connectivity index is 1.38. The van der Waals surface area contributed by atoms with E-state index in [1.54, 1.807) is 12.4 Å². The lowest BCUT2D eigenvalue weighted by atomic mass is 10.1. The van der Waals surface area contributed by atoms with Crippen molar-refractivity contribution in [2.75, 3.05) is 36.2 Å². The Morgan fingerprint density at radius 3 is 2.72 bits per heavy atom. The topological polar surface area (TPSA) is 107 Å². The molecule has 0 radical (unpaired) electrons. The number of pyridine rings is 2. The van der Waals surface area contributed by atoms with Crippen molar-refractivity contribution < 1.29 is 17.9 Å². The lowest BCUT2D eigenvalue weighted by molar-refractivity contribution is -0.147. The zero-order chi connectivity index (χ0) is 25.4. The van der Waals surface area contributed by atoms with Crippen LogP contribution < -0.4 is 16.0 Å². The van der Waals surface area contributed by atoms with E-state index in [2.05, 4.69) is 25.5 Å². The minimum atomic E-state index is -4.57. The Morgan fingerprint density at radius 1 is 1.14 bits per heavy atom. The maximum Gasteiger partial charge on any atom is 0.451 e. The third kappa shape index (κ3) is 4.28. The fourth-order valence-electron chi connectivity index (χ4n) is 4.58. The Morgan fingerprint density at radius 2 is 1.97 bits per heavy atom. The van der Waals surface area contributed by atoms with E-state index in [1.807, 2.05) is 42.2 Å². The molecular formula is C24H25F3N8O. The van der Waals surface area contributed by atoms with E-state index < -0.39 is 18.0 Å². The Hall–Kier alpha value is -3.93. The number of nitrogens with zero attached hydrogens (tertiary/aromatic N) is 6. The highest BCUT2D eigenvalue weighted by Crippen LogP contribution is 2.35. The van der Waals surface area contributed by atoms with E-state index in [9.17, 15) is 13.2 Å². The fraction of sp³-hybridized carbons (Fsp3) is 0.333. The van der Waals surface area contributed by atoms with Gasteiger partial charge in [-0.15, -0.1) is 10.2 Å². The number of hydrogen-bond donors (Lipinski definition) is 2. The molecule has 12 heteroatoms. The van der Waals surface area contributed by atoms with Gasteiger partial charge < -0.3 is 25.3 Å². The first-order valence-corrected chi connectivity index (χ1v) is 11.4. The van der Waals surface area contributed by atoms with Crippen LogP contribution in [0.25, 0.3) is 10.8 Å². The molecule has 3 aromatic heterocycles. The molecule has 0 spiro atoms. The summed E-state index contributed by atoms with van der Waals surface area (Å²) in [6.07, 6.45) is -1.11. The third-order valence-electron chi connectivity index (χ3n) is 6.40. The molecule has 4 aromatic rings. The van der Waals surface area contributed by atoms with Gasteiger partial charge in [-0.05, 0) is 36.2 Å². The van der Waals surface area contributed by atoms with Crippen LogP contribution in [0.4, 0.5) is 30.5 Å². The molecule has 0 fully saturated rings. The van der Waals surface area contributed by atoms with Gasteiger partial charge in [0.25, 0.3) is 0 Å². The molecule has 188 valence electrons. The fourth-order valence-corrected chi connectivity index (χ4v) is 4.58. The number of ether oxygens (including phenoxy) is 1. The number of methoxy groups -OCH3 is 1. The van der Waals surface area contributed by atoms with Crippen LogP contribution >= 0.6 is 0 Å². The third-order valence-corrected chi connectivity index (χ3v) is 6.40. The van der Waals surface area contributed by atoms with Crippen molar-refractivity contribution in [1.82, 2.24) is 24.7 Å². The van der Waals surface area contributed by atoms with Gasteiger partial charge in [-0.25, -0.2) is 9.97 Å². The summed E-state index contributed by atoms with van der Waals surface area (Å²) in [6, 6.07) is 9.13. The number of anilines is 3. The molecule has 4 heterocycles. The molecule has 5 rings (SSSR count). The molecule has 0 aliphatic carbocycles. The number of hydrogen-bond acceptors (Lipinski definition) is 8. The monoisotopic (exact) mass is 498 g/mol. The molecule has 1 aromatic carbocycles. The zero-order valence-corrected chi connectivity index (χ0v) is 19.8. The quantitative estimate of drug-likeness (QED) is 0.412. The molecule has 1 atom stereocenters. The van der Waals surface area contributed by atoms with E-state index in [0.717, 1.165) is 32.2 Å². The average molecular weight is 499 g/mol. The van der Waals surface area contributed by atoms with Crippen LogP contribution in [0.15, 0.2) is 42.7 Å². The van der Waals surface area contributed by atoms with Gasteiger partial charge in [-0.3, -0.25) is 0 Å². The minimum absolute atomic E-state index is 0.0977. The van der Waals surface area contributed by atoms with Crippen molar-refractivity contribution in [2.24, 2.45) is 0 Å². The maximum absolute atomic E-state index is 13.3. The summed E-state index contributed by atoms with van der Waals surface area (Å²) in [6.45, 7) is 3.08. The smallest absolute Gasteiger partial charge is 0.383 e. The minimum Gasteiger partial charge on any atom is -0.383 e. The predicted molar refractivity (Wildman–Crippen MR) is 129 cm³/mol. The Kier molecular flexibility index (Phi) is 6.12.